The molecule has 1 saturated carbocycles. The normalized spacial score (nSPS) is 19.9. The van der Waals surface area contributed by atoms with Gasteiger partial charge in [-0.05, 0) is 32.1 Å². The summed E-state index contributed by atoms with van der Waals surface area (Å²) in [6.45, 7) is 7.14. The van der Waals surface area contributed by atoms with Crippen LogP contribution in [0.25, 0.3) is 0 Å². The summed E-state index contributed by atoms with van der Waals surface area (Å²) in [6.07, 6.45) is 7.72. The van der Waals surface area contributed by atoms with Gasteiger partial charge >= 0.3 is 0 Å². The molecule has 0 aromatic heterocycles. The molecule has 0 spiro atoms. The van der Waals surface area contributed by atoms with E-state index in [1.807, 2.05) is 0 Å². The molecule has 0 atom stereocenters. The number of hydrogen-bond acceptors (Lipinski definition) is 1. The summed E-state index contributed by atoms with van der Waals surface area (Å²) in [5.41, 5.74) is 1.41. The van der Waals surface area contributed by atoms with Gasteiger partial charge in [-0.15, -0.1) is 0 Å². The third-order valence-corrected chi connectivity index (χ3v) is 2.49. The molecular formula is C11H20O. The Balaban J connectivity index is 2.05. The Morgan fingerprint density at radius 2 is 2.08 bits per heavy atom. The minimum Gasteiger partial charge on any atom is -0.378 e. The van der Waals surface area contributed by atoms with Gasteiger partial charge in [0.1, 0.15) is 0 Å². The maximum absolute atomic E-state index is 5.73. The van der Waals surface area contributed by atoms with Gasteiger partial charge in [0.15, 0.2) is 0 Å². The lowest BCUT2D eigenvalue weighted by molar-refractivity contribution is 0.0340. The van der Waals surface area contributed by atoms with Crippen molar-refractivity contribution < 1.29 is 4.74 Å². The van der Waals surface area contributed by atoms with Crippen LogP contribution in [0.2, 0.25) is 0 Å². The van der Waals surface area contributed by atoms with Crippen molar-refractivity contribution in [2.24, 2.45) is 0 Å². The van der Waals surface area contributed by atoms with Gasteiger partial charge in [-0.3, -0.25) is 0 Å². The van der Waals surface area contributed by atoms with Gasteiger partial charge < -0.3 is 4.74 Å². The fourth-order valence-corrected chi connectivity index (χ4v) is 1.56. The quantitative estimate of drug-likeness (QED) is 0.462. The minimum absolute atomic E-state index is 0.530. The summed E-state index contributed by atoms with van der Waals surface area (Å²) in [5, 5.41) is 0. The van der Waals surface area contributed by atoms with E-state index in [4.69, 9.17) is 4.74 Å². The molecule has 1 rings (SSSR count). The number of hydrogen-bond donors (Lipinski definition) is 0. The molecule has 1 aliphatic rings. The van der Waals surface area contributed by atoms with Crippen molar-refractivity contribution in [3.8, 4) is 0 Å². The second-order valence-electron chi connectivity index (χ2n) is 3.67. The van der Waals surface area contributed by atoms with Crippen LogP contribution in [-0.4, -0.2) is 12.7 Å². The Hall–Kier alpha value is -0.300. The largest absolute Gasteiger partial charge is 0.378 e. The molecule has 0 unspecified atom stereocenters. The van der Waals surface area contributed by atoms with Crippen LogP contribution in [0.15, 0.2) is 12.2 Å². The summed E-state index contributed by atoms with van der Waals surface area (Å²) in [7, 11) is 0. The molecule has 0 bridgehead atoms. The Morgan fingerprint density at radius 3 is 2.67 bits per heavy atom. The molecule has 1 heteroatoms. The molecule has 0 heterocycles. The predicted octanol–water partition coefficient (Wildman–Crippen LogP) is 3.30. The van der Waals surface area contributed by atoms with E-state index in [1.165, 1.54) is 44.1 Å². The maximum Gasteiger partial charge on any atom is 0.0581 e. The standard InChI is InChI=1S/C11H20O/c1-3-4-9-12-11-7-5-10(2)6-8-11/h11H,2-9H2,1H3. The molecule has 0 aromatic rings. The fraction of sp³-hybridized carbons (Fsp3) is 0.818. The minimum atomic E-state index is 0.530. The third-order valence-electron chi connectivity index (χ3n) is 2.49. The summed E-state index contributed by atoms with van der Waals surface area (Å²) < 4.78 is 5.73. The topological polar surface area (TPSA) is 9.23 Å². The molecule has 1 aliphatic carbocycles. The lowest BCUT2D eigenvalue weighted by atomic mass is 9.94. The van der Waals surface area contributed by atoms with Crippen molar-refractivity contribution in [2.45, 2.75) is 51.6 Å². The van der Waals surface area contributed by atoms with E-state index in [1.54, 1.807) is 0 Å². The van der Waals surface area contributed by atoms with E-state index in [0.717, 1.165) is 6.61 Å². The van der Waals surface area contributed by atoms with Crippen LogP contribution in [0, 0.1) is 0 Å². The monoisotopic (exact) mass is 168 g/mol. The van der Waals surface area contributed by atoms with Gasteiger partial charge in [0, 0.05) is 6.61 Å². The summed E-state index contributed by atoms with van der Waals surface area (Å²) >= 11 is 0. The van der Waals surface area contributed by atoms with Gasteiger partial charge in [0.2, 0.25) is 0 Å². The highest BCUT2D eigenvalue weighted by atomic mass is 16.5. The number of allylic oxidation sites excluding steroid dienone is 1. The van der Waals surface area contributed by atoms with Crippen molar-refractivity contribution in [2.75, 3.05) is 6.61 Å². The average Bonchev–Trinajstić information content (AvgIpc) is 2.09. The summed E-state index contributed by atoms with van der Waals surface area (Å²) in [6, 6.07) is 0. The van der Waals surface area contributed by atoms with Gasteiger partial charge in [-0.2, -0.15) is 0 Å². The number of ether oxygens (including phenoxy) is 1. The zero-order valence-corrected chi connectivity index (χ0v) is 8.14. The molecule has 12 heavy (non-hydrogen) atoms. The van der Waals surface area contributed by atoms with Crippen LogP contribution in [0.5, 0.6) is 0 Å². The van der Waals surface area contributed by atoms with Crippen molar-refractivity contribution in [1.82, 2.24) is 0 Å². The highest BCUT2D eigenvalue weighted by Gasteiger charge is 2.14. The van der Waals surface area contributed by atoms with Crippen molar-refractivity contribution in [3.63, 3.8) is 0 Å². The first kappa shape index (κ1) is 9.79. The summed E-state index contributed by atoms with van der Waals surface area (Å²) in [5.74, 6) is 0. The molecule has 0 saturated heterocycles. The highest BCUT2D eigenvalue weighted by molar-refractivity contribution is 4.98. The van der Waals surface area contributed by atoms with Crippen LogP contribution < -0.4 is 0 Å². The SMILES string of the molecule is C=C1CCC(OCCCC)CC1. The molecule has 1 fully saturated rings. The number of rotatable bonds is 4. The van der Waals surface area contributed by atoms with Crippen molar-refractivity contribution in [3.05, 3.63) is 12.2 Å². The van der Waals surface area contributed by atoms with E-state index in [0.29, 0.717) is 6.10 Å². The van der Waals surface area contributed by atoms with Gasteiger partial charge in [0.05, 0.1) is 6.10 Å². The molecule has 0 radical (unpaired) electrons. The predicted molar refractivity (Wildman–Crippen MR) is 52.3 cm³/mol. The Morgan fingerprint density at radius 1 is 1.42 bits per heavy atom. The lowest BCUT2D eigenvalue weighted by Crippen LogP contribution is -2.17. The molecule has 0 aliphatic heterocycles. The van der Waals surface area contributed by atoms with Crippen LogP contribution >= 0.6 is 0 Å². The molecule has 0 amide bonds. The zero-order chi connectivity index (χ0) is 8.81. The van der Waals surface area contributed by atoms with Gasteiger partial charge in [0.25, 0.3) is 0 Å². The van der Waals surface area contributed by atoms with Crippen LogP contribution in [0.1, 0.15) is 45.4 Å². The first-order valence-corrected chi connectivity index (χ1v) is 5.11. The van der Waals surface area contributed by atoms with Crippen molar-refractivity contribution in [1.29, 1.82) is 0 Å². The third kappa shape index (κ3) is 3.40. The summed E-state index contributed by atoms with van der Waals surface area (Å²) in [4.78, 5) is 0. The average molecular weight is 168 g/mol. The first-order chi connectivity index (χ1) is 5.83. The molecule has 0 N–H and O–H groups in total. The molecule has 70 valence electrons. The van der Waals surface area contributed by atoms with E-state index in [2.05, 4.69) is 13.5 Å². The Labute approximate surface area is 75.8 Å². The highest BCUT2D eigenvalue weighted by Crippen LogP contribution is 2.23. The smallest absolute Gasteiger partial charge is 0.0581 e. The second kappa shape index (κ2) is 5.36. The van der Waals surface area contributed by atoms with E-state index in [9.17, 15) is 0 Å². The van der Waals surface area contributed by atoms with E-state index >= 15 is 0 Å². The molecule has 1 nitrogen and oxygen atoms in total. The lowest BCUT2D eigenvalue weighted by Gasteiger charge is -2.23. The fourth-order valence-electron chi connectivity index (χ4n) is 1.56. The second-order valence-corrected chi connectivity index (χ2v) is 3.67. The Kier molecular flexibility index (Phi) is 4.37. The first-order valence-electron chi connectivity index (χ1n) is 5.11. The van der Waals surface area contributed by atoms with Crippen LogP contribution in [0.3, 0.4) is 0 Å². The van der Waals surface area contributed by atoms with Crippen LogP contribution in [-0.2, 0) is 4.74 Å². The Bertz CT molecular complexity index is 130. The van der Waals surface area contributed by atoms with Gasteiger partial charge in [-0.1, -0.05) is 25.5 Å². The van der Waals surface area contributed by atoms with E-state index in [-0.39, 0.29) is 0 Å². The molecular weight excluding hydrogens is 148 g/mol. The van der Waals surface area contributed by atoms with Crippen molar-refractivity contribution >= 4 is 0 Å². The van der Waals surface area contributed by atoms with Gasteiger partial charge in [-0.25, -0.2) is 0 Å². The van der Waals surface area contributed by atoms with E-state index < -0.39 is 0 Å². The molecule has 0 aromatic carbocycles. The number of unbranched alkanes of at least 4 members (excludes halogenated alkanes) is 1. The zero-order valence-electron chi connectivity index (χ0n) is 8.14. The van der Waals surface area contributed by atoms with Crippen LogP contribution in [0.4, 0.5) is 0 Å². The maximum atomic E-state index is 5.73.